The summed E-state index contributed by atoms with van der Waals surface area (Å²) in [5.74, 6) is 0.718. The van der Waals surface area contributed by atoms with Crippen LogP contribution in [0, 0.1) is 0 Å². The summed E-state index contributed by atoms with van der Waals surface area (Å²) >= 11 is 0. The number of rotatable bonds is 10. The minimum absolute atomic E-state index is 0. The summed E-state index contributed by atoms with van der Waals surface area (Å²) in [5.41, 5.74) is 4.11. The van der Waals surface area contributed by atoms with Crippen molar-refractivity contribution in [1.29, 1.82) is 0 Å². The summed E-state index contributed by atoms with van der Waals surface area (Å²) in [4.78, 5) is 16.4. The molecule has 0 aliphatic heterocycles. The molecule has 164 valence electrons. The van der Waals surface area contributed by atoms with Crippen LogP contribution in [0.4, 0.5) is 0 Å². The van der Waals surface area contributed by atoms with Gasteiger partial charge >= 0.3 is 0 Å². The summed E-state index contributed by atoms with van der Waals surface area (Å²) in [6.45, 7) is 7.55. The van der Waals surface area contributed by atoms with Crippen molar-refractivity contribution in [3.63, 3.8) is 0 Å². The summed E-state index contributed by atoms with van der Waals surface area (Å²) < 4.78 is 5.43. The van der Waals surface area contributed by atoms with Gasteiger partial charge in [-0.15, -0.1) is 24.0 Å². The predicted molar refractivity (Wildman–Crippen MR) is 134 cm³/mol. The van der Waals surface area contributed by atoms with Crippen molar-refractivity contribution in [3.05, 3.63) is 70.8 Å². The fraction of sp³-hybridized carbons (Fsp3) is 0.391. The van der Waals surface area contributed by atoms with E-state index in [0.29, 0.717) is 18.7 Å². The molecule has 2 aromatic carbocycles. The number of halogens is 1. The van der Waals surface area contributed by atoms with Crippen LogP contribution in [0.1, 0.15) is 40.9 Å². The van der Waals surface area contributed by atoms with Gasteiger partial charge in [-0.3, -0.25) is 4.79 Å². The second-order valence-electron chi connectivity index (χ2n) is 6.61. The van der Waals surface area contributed by atoms with E-state index in [0.717, 1.165) is 43.2 Å². The van der Waals surface area contributed by atoms with Crippen LogP contribution in [-0.2, 0) is 24.3 Å². The number of benzene rings is 2. The van der Waals surface area contributed by atoms with Crippen LogP contribution in [0.5, 0.6) is 0 Å². The van der Waals surface area contributed by atoms with Crippen molar-refractivity contribution in [2.24, 2.45) is 4.99 Å². The predicted octanol–water partition coefficient (Wildman–Crippen LogP) is 3.50. The Balaban J connectivity index is 0.00000450. The molecule has 2 rings (SSSR count). The van der Waals surface area contributed by atoms with E-state index in [4.69, 9.17) is 4.74 Å². The standard InChI is InChI=1S/C23H32N4O2.HI/c1-4-25-23(27-16-19-9-11-20(12-10-19)17-29-5-2)26-14-13-18-7-6-8-21(15-18)22(28)24-3;/h6-12,15H,4-5,13-14,16-17H2,1-3H3,(H,24,28)(H2,25,26,27);1H. The summed E-state index contributed by atoms with van der Waals surface area (Å²) in [6.07, 6.45) is 0.807. The van der Waals surface area contributed by atoms with Crippen LogP contribution in [0.2, 0.25) is 0 Å². The molecule has 0 saturated heterocycles. The molecule has 0 aromatic heterocycles. The Morgan fingerprint density at radius 1 is 1.00 bits per heavy atom. The summed E-state index contributed by atoms with van der Waals surface area (Å²) in [7, 11) is 1.64. The van der Waals surface area contributed by atoms with E-state index in [9.17, 15) is 4.79 Å². The third-order valence-corrected chi connectivity index (χ3v) is 4.38. The van der Waals surface area contributed by atoms with E-state index in [1.165, 1.54) is 5.56 Å². The van der Waals surface area contributed by atoms with Gasteiger partial charge in [-0.2, -0.15) is 0 Å². The fourth-order valence-corrected chi connectivity index (χ4v) is 2.81. The number of ether oxygens (including phenoxy) is 1. The Bertz CT molecular complexity index is 794. The molecule has 0 atom stereocenters. The van der Waals surface area contributed by atoms with Crippen molar-refractivity contribution in [2.45, 2.75) is 33.4 Å². The maximum absolute atomic E-state index is 11.8. The average molecular weight is 524 g/mol. The highest BCUT2D eigenvalue weighted by Gasteiger charge is 2.04. The highest BCUT2D eigenvalue weighted by atomic mass is 127. The zero-order valence-corrected chi connectivity index (χ0v) is 20.4. The molecule has 1 amide bonds. The van der Waals surface area contributed by atoms with Gasteiger partial charge in [-0.05, 0) is 49.1 Å². The lowest BCUT2D eigenvalue weighted by molar-refractivity contribution is 0.0963. The van der Waals surface area contributed by atoms with Crippen molar-refractivity contribution in [1.82, 2.24) is 16.0 Å². The van der Waals surface area contributed by atoms with Crippen LogP contribution in [0.3, 0.4) is 0 Å². The third kappa shape index (κ3) is 9.13. The van der Waals surface area contributed by atoms with Crippen LogP contribution in [-0.4, -0.2) is 38.6 Å². The first-order chi connectivity index (χ1) is 14.2. The van der Waals surface area contributed by atoms with Crippen molar-refractivity contribution in [3.8, 4) is 0 Å². The Labute approximate surface area is 196 Å². The first-order valence-corrected chi connectivity index (χ1v) is 10.1. The highest BCUT2D eigenvalue weighted by molar-refractivity contribution is 14.0. The largest absolute Gasteiger partial charge is 0.377 e. The van der Waals surface area contributed by atoms with E-state index in [-0.39, 0.29) is 29.9 Å². The lowest BCUT2D eigenvalue weighted by Crippen LogP contribution is -2.38. The third-order valence-electron chi connectivity index (χ3n) is 4.38. The first kappa shape index (κ1) is 25.9. The number of guanidine groups is 1. The Kier molecular flexibility index (Phi) is 12.8. The SMILES string of the molecule is CCNC(=NCc1ccc(COCC)cc1)NCCc1cccc(C(=O)NC)c1.I. The molecular weight excluding hydrogens is 491 g/mol. The molecule has 6 nitrogen and oxygen atoms in total. The van der Waals surface area contributed by atoms with Crippen LogP contribution in [0.15, 0.2) is 53.5 Å². The molecule has 0 spiro atoms. The van der Waals surface area contributed by atoms with Crippen molar-refractivity contribution >= 4 is 35.8 Å². The van der Waals surface area contributed by atoms with E-state index < -0.39 is 0 Å². The molecule has 0 saturated carbocycles. The monoisotopic (exact) mass is 524 g/mol. The lowest BCUT2D eigenvalue weighted by atomic mass is 10.1. The Hall–Kier alpha value is -2.13. The number of amides is 1. The first-order valence-electron chi connectivity index (χ1n) is 10.1. The fourth-order valence-electron chi connectivity index (χ4n) is 2.81. The minimum atomic E-state index is -0.0676. The van der Waals surface area contributed by atoms with Crippen LogP contribution < -0.4 is 16.0 Å². The zero-order chi connectivity index (χ0) is 20.9. The van der Waals surface area contributed by atoms with Crippen LogP contribution >= 0.6 is 24.0 Å². The number of nitrogens with zero attached hydrogens (tertiary/aromatic N) is 1. The molecule has 0 bridgehead atoms. The molecule has 3 N–H and O–H groups in total. The maximum atomic E-state index is 11.8. The second kappa shape index (κ2) is 14.8. The average Bonchev–Trinajstić information content (AvgIpc) is 2.76. The van der Waals surface area contributed by atoms with E-state index >= 15 is 0 Å². The number of hydrogen-bond acceptors (Lipinski definition) is 3. The van der Waals surface area contributed by atoms with E-state index in [1.54, 1.807) is 7.05 Å². The molecular formula is C23H33IN4O2. The van der Waals surface area contributed by atoms with Crippen molar-refractivity contribution < 1.29 is 9.53 Å². The van der Waals surface area contributed by atoms with E-state index in [1.807, 2.05) is 38.1 Å². The number of aliphatic imine (C=N–C) groups is 1. The van der Waals surface area contributed by atoms with Gasteiger partial charge in [0.1, 0.15) is 0 Å². The summed E-state index contributed by atoms with van der Waals surface area (Å²) in [5, 5.41) is 9.29. The van der Waals surface area contributed by atoms with Gasteiger partial charge in [0.05, 0.1) is 13.2 Å². The topological polar surface area (TPSA) is 74.8 Å². The number of carbonyl (C=O) groups is 1. The van der Waals surface area contributed by atoms with Crippen LogP contribution in [0.25, 0.3) is 0 Å². The minimum Gasteiger partial charge on any atom is -0.377 e. The zero-order valence-electron chi connectivity index (χ0n) is 18.0. The normalized spacial score (nSPS) is 10.8. The molecule has 0 aliphatic rings. The van der Waals surface area contributed by atoms with Crippen molar-refractivity contribution in [2.75, 3.05) is 26.7 Å². The Morgan fingerprint density at radius 3 is 2.40 bits per heavy atom. The molecule has 7 heteroatoms. The maximum Gasteiger partial charge on any atom is 0.251 e. The van der Waals surface area contributed by atoms with Gasteiger partial charge in [-0.25, -0.2) is 4.99 Å². The molecule has 0 heterocycles. The molecule has 2 aromatic rings. The Morgan fingerprint density at radius 2 is 1.73 bits per heavy atom. The van der Waals surface area contributed by atoms with E-state index in [2.05, 4.69) is 45.2 Å². The molecule has 0 radical (unpaired) electrons. The van der Waals surface area contributed by atoms with Gasteiger partial charge < -0.3 is 20.7 Å². The molecule has 0 aliphatic carbocycles. The van der Waals surface area contributed by atoms with Gasteiger partial charge in [0, 0.05) is 32.3 Å². The quantitative estimate of drug-likeness (QED) is 0.253. The number of carbonyl (C=O) groups excluding carboxylic acids is 1. The van der Waals surface area contributed by atoms with Gasteiger partial charge in [0.2, 0.25) is 0 Å². The highest BCUT2D eigenvalue weighted by Crippen LogP contribution is 2.08. The summed E-state index contributed by atoms with van der Waals surface area (Å²) in [6, 6.07) is 16.0. The molecule has 0 fully saturated rings. The number of nitrogens with one attached hydrogen (secondary N) is 3. The number of hydrogen-bond donors (Lipinski definition) is 3. The van der Waals surface area contributed by atoms with Gasteiger partial charge in [-0.1, -0.05) is 36.4 Å². The van der Waals surface area contributed by atoms with Gasteiger partial charge in [0.25, 0.3) is 5.91 Å². The molecule has 0 unspecified atom stereocenters. The molecule has 30 heavy (non-hydrogen) atoms. The van der Waals surface area contributed by atoms with Gasteiger partial charge in [0.15, 0.2) is 5.96 Å². The smallest absolute Gasteiger partial charge is 0.251 e. The lowest BCUT2D eigenvalue weighted by Gasteiger charge is -2.12. The second-order valence-corrected chi connectivity index (χ2v) is 6.61.